The zero-order valence-corrected chi connectivity index (χ0v) is 12.9. The molecule has 0 radical (unpaired) electrons. The number of hydrogen-bond acceptors (Lipinski definition) is 5. The molecule has 1 aromatic heterocycles. The van der Waals surface area contributed by atoms with Crippen LogP contribution in [0, 0.1) is 0 Å². The second-order valence-electron chi connectivity index (χ2n) is 6.56. The van der Waals surface area contributed by atoms with Crippen LogP contribution >= 0.6 is 0 Å². The van der Waals surface area contributed by atoms with Gasteiger partial charge in [0.2, 0.25) is 0 Å². The van der Waals surface area contributed by atoms with E-state index in [1.54, 1.807) is 17.6 Å². The minimum atomic E-state index is -0.248. The van der Waals surface area contributed by atoms with Crippen molar-refractivity contribution in [1.82, 2.24) is 25.0 Å². The van der Waals surface area contributed by atoms with Crippen molar-refractivity contribution in [1.29, 1.82) is 0 Å². The Labute approximate surface area is 124 Å². The average Bonchev–Trinajstić information content (AvgIpc) is 2.92. The third kappa shape index (κ3) is 2.39. The van der Waals surface area contributed by atoms with Crippen molar-refractivity contribution in [3.8, 4) is 0 Å². The van der Waals surface area contributed by atoms with E-state index in [2.05, 4.69) is 29.2 Å². The van der Waals surface area contributed by atoms with Crippen LogP contribution in [0.4, 0.5) is 4.79 Å². The zero-order chi connectivity index (χ0) is 15.1. The van der Waals surface area contributed by atoms with Gasteiger partial charge in [0.1, 0.15) is 12.7 Å². The monoisotopic (exact) mass is 293 g/mol. The Balaban J connectivity index is 1.63. The summed E-state index contributed by atoms with van der Waals surface area (Å²) in [6, 6.07) is 0.262. The molecular weight excluding hydrogens is 270 g/mol. The predicted octanol–water partition coefficient (Wildman–Crippen LogP) is 0.976. The van der Waals surface area contributed by atoms with Crippen LogP contribution in [0.15, 0.2) is 12.7 Å². The Hall–Kier alpha value is -1.63. The van der Waals surface area contributed by atoms with Crippen molar-refractivity contribution < 1.29 is 9.53 Å². The lowest BCUT2D eigenvalue weighted by Crippen LogP contribution is -2.54. The smallest absolute Gasteiger partial charge is 0.409 e. The summed E-state index contributed by atoms with van der Waals surface area (Å²) < 4.78 is 6.83. The number of hydrogen-bond donors (Lipinski definition) is 1. The molecule has 1 unspecified atom stereocenters. The number of amides is 1. The summed E-state index contributed by atoms with van der Waals surface area (Å²) in [4.78, 5) is 17.7. The summed E-state index contributed by atoms with van der Waals surface area (Å²) in [7, 11) is 1.43. The largest absolute Gasteiger partial charge is 0.453 e. The lowest BCUT2D eigenvalue weighted by atomic mass is 9.95. The maximum Gasteiger partial charge on any atom is 0.409 e. The van der Waals surface area contributed by atoms with Gasteiger partial charge < -0.3 is 15.0 Å². The molecule has 1 aromatic rings. The molecule has 21 heavy (non-hydrogen) atoms. The Morgan fingerprint density at radius 1 is 1.48 bits per heavy atom. The SMILES string of the molecule is COC(=O)N1CCC(NCC2(n3cncn3)CC2)C1(C)C. The number of nitrogens with zero attached hydrogens (tertiary/aromatic N) is 4. The van der Waals surface area contributed by atoms with E-state index in [1.165, 1.54) is 7.11 Å². The van der Waals surface area contributed by atoms with Gasteiger partial charge in [0.05, 0.1) is 18.2 Å². The molecule has 1 atom stereocenters. The minimum Gasteiger partial charge on any atom is -0.453 e. The number of carbonyl (C=O) groups excluding carboxylic acids is 1. The highest BCUT2D eigenvalue weighted by Crippen LogP contribution is 2.42. The quantitative estimate of drug-likeness (QED) is 0.896. The van der Waals surface area contributed by atoms with Crippen molar-refractivity contribution in [3.05, 3.63) is 12.7 Å². The molecule has 1 amide bonds. The molecule has 2 aliphatic rings. The standard InChI is InChI=1S/C14H23N5O2/c1-13(2)11(4-7-18(13)12(20)21-3)16-8-14(5-6-14)19-10-15-9-17-19/h9-11,16H,4-8H2,1-3H3. The number of methoxy groups -OCH3 is 1. The first-order valence-electron chi connectivity index (χ1n) is 7.44. The fraction of sp³-hybridized carbons (Fsp3) is 0.786. The molecule has 116 valence electrons. The van der Waals surface area contributed by atoms with Crippen LogP contribution in [0.2, 0.25) is 0 Å². The molecule has 7 heteroatoms. The maximum atomic E-state index is 11.8. The third-order valence-corrected chi connectivity index (χ3v) is 4.99. The van der Waals surface area contributed by atoms with Crippen molar-refractivity contribution >= 4 is 6.09 Å². The lowest BCUT2D eigenvalue weighted by molar-refractivity contribution is 0.0909. The van der Waals surface area contributed by atoms with Crippen molar-refractivity contribution in [2.24, 2.45) is 0 Å². The van der Waals surface area contributed by atoms with Crippen LogP contribution in [0.5, 0.6) is 0 Å². The Kier molecular flexibility index (Phi) is 3.39. The third-order valence-electron chi connectivity index (χ3n) is 4.99. The van der Waals surface area contributed by atoms with E-state index in [9.17, 15) is 4.79 Å². The Bertz CT molecular complexity index is 509. The van der Waals surface area contributed by atoms with Gasteiger partial charge >= 0.3 is 6.09 Å². The van der Waals surface area contributed by atoms with Crippen LogP contribution in [-0.4, -0.2) is 57.5 Å². The van der Waals surface area contributed by atoms with Gasteiger partial charge in [-0.2, -0.15) is 5.10 Å². The van der Waals surface area contributed by atoms with Crippen molar-refractivity contribution in [2.45, 2.75) is 50.2 Å². The first kappa shape index (κ1) is 14.3. The number of aromatic nitrogens is 3. The van der Waals surface area contributed by atoms with Crippen molar-refractivity contribution in [3.63, 3.8) is 0 Å². The maximum absolute atomic E-state index is 11.8. The van der Waals surface area contributed by atoms with Crippen LogP contribution in [0.3, 0.4) is 0 Å². The highest BCUT2D eigenvalue weighted by Gasteiger charge is 2.49. The molecule has 1 saturated carbocycles. The highest BCUT2D eigenvalue weighted by molar-refractivity contribution is 5.69. The molecule has 1 aliphatic heterocycles. The summed E-state index contributed by atoms with van der Waals surface area (Å²) >= 11 is 0. The van der Waals surface area contributed by atoms with Gasteiger partial charge in [0.15, 0.2) is 0 Å². The topological polar surface area (TPSA) is 72.3 Å². The molecule has 1 N–H and O–H groups in total. The molecule has 3 rings (SSSR count). The van der Waals surface area contributed by atoms with Crippen LogP contribution in [0.1, 0.15) is 33.1 Å². The van der Waals surface area contributed by atoms with Crippen LogP contribution in [-0.2, 0) is 10.3 Å². The van der Waals surface area contributed by atoms with E-state index < -0.39 is 0 Å². The molecule has 0 bridgehead atoms. The summed E-state index contributed by atoms with van der Waals surface area (Å²) in [6.07, 6.45) is 6.30. The van der Waals surface area contributed by atoms with Gasteiger partial charge in [0.25, 0.3) is 0 Å². The molecule has 1 saturated heterocycles. The zero-order valence-electron chi connectivity index (χ0n) is 12.9. The van der Waals surface area contributed by atoms with Gasteiger partial charge in [-0.15, -0.1) is 0 Å². The number of ether oxygens (including phenoxy) is 1. The van der Waals surface area contributed by atoms with Gasteiger partial charge in [0, 0.05) is 19.1 Å². The molecule has 2 fully saturated rings. The molecule has 7 nitrogen and oxygen atoms in total. The van der Waals surface area contributed by atoms with Gasteiger partial charge in [-0.25, -0.2) is 14.5 Å². The predicted molar refractivity (Wildman–Crippen MR) is 76.8 cm³/mol. The van der Waals surface area contributed by atoms with E-state index >= 15 is 0 Å². The second-order valence-corrected chi connectivity index (χ2v) is 6.56. The molecule has 0 aromatic carbocycles. The summed E-state index contributed by atoms with van der Waals surface area (Å²) in [6.45, 7) is 5.76. The number of carbonyl (C=O) groups is 1. The van der Waals surface area contributed by atoms with Gasteiger partial charge in [-0.1, -0.05) is 0 Å². The Morgan fingerprint density at radius 3 is 2.81 bits per heavy atom. The van der Waals surface area contributed by atoms with Crippen molar-refractivity contribution in [2.75, 3.05) is 20.2 Å². The fourth-order valence-electron chi connectivity index (χ4n) is 3.27. The first-order chi connectivity index (χ1) is 9.99. The summed E-state index contributed by atoms with van der Waals surface area (Å²) in [5.74, 6) is 0. The van der Waals surface area contributed by atoms with E-state index in [-0.39, 0.29) is 23.2 Å². The molecule has 2 heterocycles. The Morgan fingerprint density at radius 2 is 2.24 bits per heavy atom. The number of nitrogens with one attached hydrogen (secondary N) is 1. The number of rotatable bonds is 4. The minimum absolute atomic E-state index is 0.0747. The summed E-state index contributed by atoms with van der Waals surface area (Å²) in [5.41, 5.74) is -0.170. The first-order valence-corrected chi connectivity index (χ1v) is 7.44. The average molecular weight is 293 g/mol. The summed E-state index contributed by atoms with van der Waals surface area (Å²) in [5, 5.41) is 7.90. The molecule has 1 aliphatic carbocycles. The molecular formula is C14H23N5O2. The van der Waals surface area contributed by atoms with E-state index in [1.807, 2.05) is 4.68 Å². The highest BCUT2D eigenvalue weighted by atomic mass is 16.5. The normalized spacial score (nSPS) is 25.9. The lowest BCUT2D eigenvalue weighted by Gasteiger charge is -2.36. The van der Waals surface area contributed by atoms with Crippen LogP contribution in [0.25, 0.3) is 0 Å². The second kappa shape index (κ2) is 4.98. The van der Waals surface area contributed by atoms with E-state index in [4.69, 9.17) is 4.74 Å². The number of likely N-dealkylation sites (tertiary alicyclic amines) is 1. The van der Waals surface area contributed by atoms with E-state index in [0.29, 0.717) is 0 Å². The molecule has 0 spiro atoms. The van der Waals surface area contributed by atoms with Gasteiger partial charge in [-0.05, 0) is 33.1 Å². The van der Waals surface area contributed by atoms with Crippen LogP contribution < -0.4 is 5.32 Å². The van der Waals surface area contributed by atoms with E-state index in [0.717, 1.165) is 32.4 Å². The fourth-order valence-corrected chi connectivity index (χ4v) is 3.27. The van der Waals surface area contributed by atoms with Gasteiger partial charge in [-0.3, -0.25) is 0 Å².